The summed E-state index contributed by atoms with van der Waals surface area (Å²) in [5, 5.41) is 3.25. The highest BCUT2D eigenvalue weighted by molar-refractivity contribution is 5.84. The van der Waals surface area contributed by atoms with Crippen molar-refractivity contribution in [1.29, 1.82) is 0 Å². The van der Waals surface area contributed by atoms with Gasteiger partial charge in [0, 0.05) is 30.5 Å². The van der Waals surface area contributed by atoms with Crippen molar-refractivity contribution in [3.8, 4) is 0 Å². The normalized spacial score (nSPS) is 23.4. The molecule has 1 aromatic heterocycles. The minimum absolute atomic E-state index is 0.0322. The molecule has 6 heteroatoms. The first-order chi connectivity index (χ1) is 15.4. The molecule has 0 saturated heterocycles. The summed E-state index contributed by atoms with van der Waals surface area (Å²) in [7, 11) is 2.15. The van der Waals surface area contributed by atoms with E-state index in [0.717, 1.165) is 30.9 Å². The molecule has 2 saturated carbocycles. The Balaban J connectivity index is 1.25. The largest absolute Gasteiger partial charge is 0.417 e. The predicted octanol–water partition coefficient (Wildman–Crippen LogP) is 3.47. The highest BCUT2D eigenvalue weighted by Gasteiger charge is 2.55. The van der Waals surface area contributed by atoms with Gasteiger partial charge in [-0.3, -0.25) is 9.78 Å². The lowest BCUT2D eigenvalue weighted by Crippen LogP contribution is -2.44. The molecule has 32 heavy (non-hydrogen) atoms. The van der Waals surface area contributed by atoms with Crippen LogP contribution in [-0.2, 0) is 16.6 Å². The second-order valence-corrected chi connectivity index (χ2v) is 9.87. The molecule has 168 valence electrons. The number of aromatic nitrogens is 1. The van der Waals surface area contributed by atoms with Crippen molar-refractivity contribution in [3.63, 3.8) is 0 Å². The van der Waals surface area contributed by atoms with Crippen LogP contribution in [0.1, 0.15) is 37.3 Å². The van der Waals surface area contributed by atoms with Crippen LogP contribution in [-0.4, -0.2) is 42.0 Å². The third-order valence-electron chi connectivity index (χ3n) is 7.32. The Hall–Kier alpha value is -2.86. The van der Waals surface area contributed by atoms with E-state index in [1.807, 2.05) is 36.4 Å². The molecule has 0 spiro atoms. The lowest BCUT2D eigenvalue weighted by atomic mass is 9.95. The summed E-state index contributed by atoms with van der Waals surface area (Å²) in [6.07, 6.45) is 4.27. The van der Waals surface area contributed by atoms with E-state index in [9.17, 15) is 9.59 Å². The van der Waals surface area contributed by atoms with Gasteiger partial charge in [0.25, 0.3) is 0 Å². The fourth-order valence-electron chi connectivity index (χ4n) is 4.86. The van der Waals surface area contributed by atoms with Gasteiger partial charge in [0.05, 0.1) is 5.52 Å². The van der Waals surface area contributed by atoms with Gasteiger partial charge < -0.3 is 14.6 Å². The maximum atomic E-state index is 13.0. The summed E-state index contributed by atoms with van der Waals surface area (Å²) in [5.74, 6) is 0.518. The molecule has 0 aliphatic heterocycles. The Labute approximate surface area is 188 Å². The fraction of sp³-hybridized carbons (Fsp3) is 0.462. The number of H-pyrrole nitrogens is 1. The third kappa shape index (κ3) is 4.37. The number of carbonyl (C=O) groups excluding carboxylic acids is 1. The van der Waals surface area contributed by atoms with E-state index in [1.165, 1.54) is 18.4 Å². The van der Waals surface area contributed by atoms with Crippen LogP contribution >= 0.6 is 0 Å². The molecule has 2 aliphatic carbocycles. The highest BCUT2D eigenvalue weighted by Crippen LogP contribution is 2.53. The molecule has 5 rings (SSSR count). The molecule has 2 fully saturated rings. The number of rotatable bonds is 9. The summed E-state index contributed by atoms with van der Waals surface area (Å²) >= 11 is 0. The van der Waals surface area contributed by atoms with Crippen molar-refractivity contribution >= 4 is 17.0 Å². The van der Waals surface area contributed by atoms with Crippen LogP contribution in [0.15, 0.2) is 57.7 Å². The van der Waals surface area contributed by atoms with E-state index in [0.29, 0.717) is 17.6 Å². The summed E-state index contributed by atoms with van der Waals surface area (Å²) in [6, 6.07) is 16.4. The van der Waals surface area contributed by atoms with Crippen molar-refractivity contribution in [2.45, 2.75) is 44.1 Å². The topological polar surface area (TPSA) is 78.3 Å². The van der Waals surface area contributed by atoms with Crippen molar-refractivity contribution in [2.24, 2.45) is 11.8 Å². The lowest BCUT2D eigenvalue weighted by Gasteiger charge is -2.29. The minimum Gasteiger partial charge on any atom is -0.408 e. The monoisotopic (exact) mass is 433 g/mol. The van der Waals surface area contributed by atoms with E-state index in [4.69, 9.17) is 4.42 Å². The fourth-order valence-corrected chi connectivity index (χ4v) is 4.86. The number of carbonyl (C=O) groups is 1. The van der Waals surface area contributed by atoms with Gasteiger partial charge >= 0.3 is 5.76 Å². The third-order valence-corrected chi connectivity index (χ3v) is 7.32. The molecule has 1 unspecified atom stereocenters. The maximum Gasteiger partial charge on any atom is 0.417 e. The maximum absolute atomic E-state index is 13.0. The smallest absolute Gasteiger partial charge is 0.408 e. The van der Waals surface area contributed by atoms with Gasteiger partial charge in [-0.25, -0.2) is 4.79 Å². The van der Waals surface area contributed by atoms with Gasteiger partial charge in [-0.15, -0.1) is 0 Å². The van der Waals surface area contributed by atoms with Crippen LogP contribution in [0.4, 0.5) is 0 Å². The zero-order valence-electron chi connectivity index (χ0n) is 18.8. The quantitative estimate of drug-likeness (QED) is 0.542. The summed E-state index contributed by atoms with van der Waals surface area (Å²) in [6.45, 7) is 3.84. The summed E-state index contributed by atoms with van der Waals surface area (Å²) in [5.41, 5.74) is 3.57. The number of fused-ring (bicyclic) bond motifs is 1. The number of nitrogens with zero attached hydrogens (tertiary/aromatic N) is 1. The lowest BCUT2D eigenvalue weighted by molar-refractivity contribution is -0.122. The van der Waals surface area contributed by atoms with Crippen LogP contribution in [0.3, 0.4) is 0 Å². The SMILES string of the molecule is CN(CC1CC1)C(CNC(=O)[C@@H]1C[C@]1(C)c1ccccc1)Cc1ccc2[nH]c(=O)oc2c1. The second-order valence-electron chi connectivity index (χ2n) is 9.87. The van der Waals surface area contributed by atoms with Crippen LogP contribution in [0.2, 0.25) is 0 Å². The van der Waals surface area contributed by atoms with Crippen LogP contribution < -0.4 is 11.1 Å². The van der Waals surface area contributed by atoms with Gasteiger partial charge in [0.2, 0.25) is 5.91 Å². The number of likely N-dealkylation sites (N-methyl/N-ethyl adjacent to an activating group) is 1. The van der Waals surface area contributed by atoms with Crippen LogP contribution in [0.25, 0.3) is 11.1 Å². The van der Waals surface area contributed by atoms with Gasteiger partial charge in [0.1, 0.15) is 0 Å². The Morgan fingerprint density at radius 3 is 2.78 bits per heavy atom. The number of hydrogen-bond donors (Lipinski definition) is 2. The molecule has 2 aromatic carbocycles. The number of benzene rings is 2. The van der Waals surface area contributed by atoms with Gasteiger partial charge in [-0.05, 0) is 61.9 Å². The van der Waals surface area contributed by atoms with Crippen molar-refractivity contribution in [2.75, 3.05) is 20.1 Å². The first kappa shape index (κ1) is 21.0. The van der Waals surface area contributed by atoms with Crippen LogP contribution in [0, 0.1) is 11.8 Å². The van der Waals surface area contributed by atoms with E-state index < -0.39 is 5.76 Å². The van der Waals surface area contributed by atoms with Crippen molar-refractivity contribution in [3.05, 3.63) is 70.2 Å². The first-order valence-electron chi connectivity index (χ1n) is 11.6. The average Bonchev–Trinajstić information content (AvgIpc) is 3.69. The molecule has 0 bridgehead atoms. The second kappa shape index (κ2) is 8.24. The highest BCUT2D eigenvalue weighted by atomic mass is 16.4. The summed E-state index contributed by atoms with van der Waals surface area (Å²) < 4.78 is 5.23. The average molecular weight is 434 g/mol. The molecule has 3 aromatic rings. The first-order valence-corrected chi connectivity index (χ1v) is 11.6. The number of nitrogens with one attached hydrogen (secondary N) is 2. The zero-order chi connectivity index (χ0) is 22.3. The van der Waals surface area contributed by atoms with E-state index in [-0.39, 0.29) is 23.3 Å². The Morgan fingerprint density at radius 1 is 1.25 bits per heavy atom. The predicted molar refractivity (Wildman–Crippen MR) is 125 cm³/mol. The van der Waals surface area contributed by atoms with E-state index in [1.54, 1.807) is 0 Å². The van der Waals surface area contributed by atoms with Crippen molar-refractivity contribution < 1.29 is 9.21 Å². The molecule has 2 aliphatic rings. The van der Waals surface area contributed by atoms with E-state index in [2.05, 4.69) is 41.3 Å². The standard InChI is InChI=1S/C26H31N3O3/c1-26(19-6-4-3-5-7-19)14-21(26)24(30)27-15-20(29(2)16-17-8-9-17)12-18-10-11-22-23(13-18)32-25(31)28-22/h3-7,10-11,13,17,20-21H,8-9,12,14-16H2,1-2H3,(H,27,30)(H,28,31)/t20?,21-,26+/m0/s1. The molecular formula is C26H31N3O3. The Kier molecular flexibility index (Phi) is 5.41. The number of aromatic amines is 1. The molecule has 1 amide bonds. The van der Waals surface area contributed by atoms with Crippen LogP contribution in [0.5, 0.6) is 0 Å². The Bertz CT molecular complexity index is 1160. The van der Waals surface area contributed by atoms with Crippen molar-refractivity contribution in [1.82, 2.24) is 15.2 Å². The van der Waals surface area contributed by atoms with Gasteiger partial charge in [-0.1, -0.05) is 43.3 Å². The molecule has 3 atom stereocenters. The van der Waals surface area contributed by atoms with E-state index >= 15 is 0 Å². The molecule has 1 heterocycles. The summed E-state index contributed by atoms with van der Waals surface area (Å²) in [4.78, 5) is 29.5. The van der Waals surface area contributed by atoms with Gasteiger partial charge in [0.15, 0.2) is 5.58 Å². The minimum atomic E-state index is -0.433. The zero-order valence-corrected chi connectivity index (χ0v) is 18.8. The molecule has 2 N–H and O–H groups in total. The Morgan fingerprint density at radius 2 is 2.03 bits per heavy atom. The number of hydrogen-bond acceptors (Lipinski definition) is 4. The molecule has 0 radical (unpaired) electrons. The van der Waals surface area contributed by atoms with Gasteiger partial charge in [-0.2, -0.15) is 0 Å². The number of amides is 1. The number of oxazole rings is 1. The molecular weight excluding hydrogens is 402 g/mol. The molecule has 6 nitrogen and oxygen atoms in total.